The van der Waals surface area contributed by atoms with Crippen molar-refractivity contribution in [2.24, 2.45) is 0 Å². The van der Waals surface area contributed by atoms with Gasteiger partial charge in [0.25, 0.3) is 5.69 Å². The quantitative estimate of drug-likeness (QED) is 0.584. The van der Waals surface area contributed by atoms with Gasteiger partial charge in [0.15, 0.2) is 0 Å². The smallest absolute Gasteiger partial charge is 0.294 e. The van der Waals surface area contributed by atoms with Crippen molar-refractivity contribution < 1.29 is 4.92 Å². The second-order valence-electron chi connectivity index (χ2n) is 3.33. The average molecular weight is 205 g/mol. The highest BCUT2D eigenvalue weighted by molar-refractivity contribution is 5.72. The highest BCUT2D eigenvalue weighted by Crippen LogP contribution is 2.27. The van der Waals surface area contributed by atoms with Crippen LogP contribution < -0.4 is 5.32 Å². The van der Waals surface area contributed by atoms with Crippen LogP contribution in [0, 0.1) is 10.1 Å². The Morgan fingerprint density at radius 2 is 2.40 bits per heavy atom. The van der Waals surface area contributed by atoms with E-state index in [-0.39, 0.29) is 10.6 Å². The third-order valence-corrected chi connectivity index (χ3v) is 2.41. The highest BCUT2D eigenvalue weighted by Gasteiger charge is 2.17. The first-order valence-electron chi connectivity index (χ1n) is 4.77. The molecule has 1 aliphatic rings. The van der Waals surface area contributed by atoms with Gasteiger partial charge < -0.3 is 5.32 Å². The van der Waals surface area contributed by atoms with Crippen LogP contribution >= 0.6 is 0 Å². The van der Waals surface area contributed by atoms with Crippen LogP contribution in [0.25, 0.3) is 5.57 Å². The minimum absolute atomic E-state index is 0.0886. The molecule has 0 unspecified atom stereocenters. The lowest BCUT2D eigenvalue weighted by atomic mass is 10.0. The van der Waals surface area contributed by atoms with Crippen molar-refractivity contribution in [3.8, 4) is 0 Å². The van der Waals surface area contributed by atoms with Crippen molar-refractivity contribution in [1.82, 2.24) is 10.3 Å². The first-order valence-corrected chi connectivity index (χ1v) is 4.77. The summed E-state index contributed by atoms with van der Waals surface area (Å²) in [5, 5.41) is 14.0. The van der Waals surface area contributed by atoms with E-state index in [1.807, 2.05) is 6.08 Å². The van der Waals surface area contributed by atoms with Crippen LogP contribution in [0.4, 0.5) is 5.69 Å². The first kappa shape index (κ1) is 9.79. The van der Waals surface area contributed by atoms with E-state index >= 15 is 0 Å². The number of rotatable bonds is 2. The van der Waals surface area contributed by atoms with E-state index in [2.05, 4.69) is 10.3 Å². The van der Waals surface area contributed by atoms with E-state index in [4.69, 9.17) is 0 Å². The van der Waals surface area contributed by atoms with Gasteiger partial charge in [0.05, 0.1) is 10.5 Å². The third kappa shape index (κ3) is 2.02. The number of hydrogen-bond donors (Lipinski definition) is 1. The maximum atomic E-state index is 10.8. The Labute approximate surface area is 87.0 Å². The zero-order valence-electron chi connectivity index (χ0n) is 8.14. The number of nitrogens with zero attached hydrogens (tertiary/aromatic N) is 2. The van der Waals surface area contributed by atoms with E-state index in [0.29, 0.717) is 5.56 Å². The van der Waals surface area contributed by atoms with Gasteiger partial charge in [-0.3, -0.25) is 15.1 Å². The molecule has 1 aliphatic heterocycles. The molecule has 1 aromatic heterocycles. The molecule has 0 fully saturated rings. The maximum Gasteiger partial charge on any atom is 0.294 e. The fraction of sp³-hybridized carbons (Fsp3) is 0.300. The van der Waals surface area contributed by atoms with Crippen molar-refractivity contribution in [2.75, 3.05) is 13.1 Å². The molecule has 0 atom stereocenters. The van der Waals surface area contributed by atoms with Gasteiger partial charge in [0.2, 0.25) is 0 Å². The zero-order valence-corrected chi connectivity index (χ0v) is 8.14. The van der Waals surface area contributed by atoms with Gasteiger partial charge in [-0.05, 0) is 24.6 Å². The van der Waals surface area contributed by atoms with Gasteiger partial charge in [-0.15, -0.1) is 0 Å². The highest BCUT2D eigenvalue weighted by atomic mass is 16.6. The fourth-order valence-corrected chi connectivity index (χ4v) is 1.67. The first-order chi connectivity index (χ1) is 7.29. The Morgan fingerprint density at radius 3 is 3.07 bits per heavy atom. The summed E-state index contributed by atoms with van der Waals surface area (Å²) < 4.78 is 0. The summed E-state index contributed by atoms with van der Waals surface area (Å²) in [7, 11) is 0. The Kier molecular flexibility index (Phi) is 2.73. The number of nitro groups is 1. The van der Waals surface area contributed by atoms with E-state index in [1.165, 1.54) is 6.20 Å². The Morgan fingerprint density at radius 1 is 1.53 bits per heavy atom. The zero-order chi connectivity index (χ0) is 10.7. The standard InChI is InChI=1S/C10H11N3O2/c14-13(15)10-7-12-6-3-9(10)8-1-4-11-5-2-8/h1,3,6-7,11H,2,4-5H2. The molecule has 2 heterocycles. The predicted molar refractivity (Wildman–Crippen MR) is 56.4 cm³/mol. The molecule has 5 nitrogen and oxygen atoms in total. The molecular weight excluding hydrogens is 194 g/mol. The van der Waals surface area contributed by atoms with E-state index in [1.54, 1.807) is 12.3 Å². The lowest BCUT2D eigenvalue weighted by Crippen LogP contribution is -2.20. The summed E-state index contributed by atoms with van der Waals surface area (Å²) in [5.41, 5.74) is 1.81. The summed E-state index contributed by atoms with van der Waals surface area (Å²) in [4.78, 5) is 14.2. The van der Waals surface area contributed by atoms with Gasteiger partial charge in [0.1, 0.15) is 6.20 Å². The normalized spacial score (nSPS) is 15.9. The second kappa shape index (κ2) is 4.18. The molecular formula is C10H11N3O2. The van der Waals surface area contributed by atoms with Crippen LogP contribution in [0.15, 0.2) is 24.5 Å². The maximum absolute atomic E-state index is 10.8. The van der Waals surface area contributed by atoms with E-state index in [0.717, 1.165) is 25.1 Å². The van der Waals surface area contributed by atoms with Crippen LogP contribution in [-0.2, 0) is 0 Å². The summed E-state index contributed by atoms with van der Waals surface area (Å²) >= 11 is 0. The van der Waals surface area contributed by atoms with Gasteiger partial charge in [-0.25, -0.2) is 0 Å². The molecule has 0 saturated carbocycles. The number of aromatic nitrogens is 1. The topological polar surface area (TPSA) is 68.1 Å². The van der Waals surface area contributed by atoms with Crippen LogP contribution in [0.1, 0.15) is 12.0 Å². The molecule has 2 rings (SSSR count). The summed E-state index contributed by atoms with van der Waals surface area (Å²) in [5.74, 6) is 0. The SMILES string of the molecule is O=[N+]([O-])c1cnccc1C1=CCNCC1. The van der Waals surface area contributed by atoms with Crippen molar-refractivity contribution in [2.45, 2.75) is 6.42 Å². The molecule has 1 N–H and O–H groups in total. The molecule has 0 radical (unpaired) electrons. The molecule has 0 aliphatic carbocycles. The van der Waals surface area contributed by atoms with Crippen molar-refractivity contribution in [1.29, 1.82) is 0 Å². The van der Waals surface area contributed by atoms with Gasteiger partial charge in [-0.2, -0.15) is 0 Å². The van der Waals surface area contributed by atoms with Crippen molar-refractivity contribution >= 4 is 11.3 Å². The second-order valence-corrected chi connectivity index (χ2v) is 3.33. The average Bonchev–Trinajstić information content (AvgIpc) is 2.30. The van der Waals surface area contributed by atoms with Crippen molar-refractivity contribution in [3.63, 3.8) is 0 Å². The Balaban J connectivity index is 2.42. The third-order valence-electron chi connectivity index (χ3n) is 2.41. The lowest BCUT2D eigenvalue weighted by molar-refractivity contribution is -0.385. The number of hydrogen-bond acceptors (Lipinski definition) is 4. The van der Waals surface area contributed by atoms with Crippen LogP contribution in [0.3, 0.4) is 0 Å². The molecule has 0 spiro atoms. The molecule has 0 amide bonds. The molecule has 1 aromatic rings. The molecule has 0 bridgehead atoms. The minimum Gasteiger partial charge on any atom is -0.313 e. The number of nitrogens with one attached hydrogen (secondary N) is 1. The predicted octanol–water partition coefficient (Wildman–Crippen LogP) is 1.37. The fourth-order valence-electron chi connectivity index (χ4n) is 1.67. The van der Waals surface area contributed by atoms with E-state index in [9.17, 15) is 10.1 Å². The molecule has 5 heteroatoms. The molecule has 15 heavy (non-hydrogen) atoms. The van der Waals surface area contributed by atoms with Gasteiger partial charge in [-0.1, -0.05) is 6.08 Å². The molecule has 0 saturated heterocycles. The molecule has 0 aromatic carbocycles. The summed E-state index contributed by atoms with van der Waals surface area (Å²) in [6.07, 6.45) is 5.71. The van der Waals surface area contributed by atoms with Crippen molar-refractivity contribution in [3.05, 3.63) is 40.2 Å². The van der Waals surface area contributed by atoms with E-state index < -0.39 is 0 Å². The summed E-state index contributed by atoms with van der Waals surface area (Å²) in [6, 6.07) is 1.70. The largest absolute Gasteiger partial charge is 0.313 e. The summed E-state index contributed by atoms with van der Waals surface area (Å²) in [6.45, 7) is 1.64. The Bertz CT molecular complexity index is 415. The van der Waals surface area contributed by atoms with Gasteiger partial charge in [0, 0.05) is 12.7 Å². The number of pyridine rings is 1. The monoisotopic (exact) mass is 205 g/mol. The van der Waals surface area contributed by atoms with Crippen LogP contribution in [0.2, 0.25) is 0 Å². The van der Waals surface area contributed by atoms with Crippen LogP contribution in [-0.4, -0.2) is 23.0 Å². The van der Waals surface area contributed by atoms with Gasteiger partial charge >= 0.3 is 0 Å². The Hall–Kier alpha value is -1.75. The minimum atomic E-state index is -0.384. The van der Waals surface area contributed by atoms with Crippen LogP contribution in [0.5, 0.6) is 0 Å². The molecule has 78 valence electrons. The lowest BCUT2D eigenvalue weighted by Gasteiger charge is -2.13.